The quantitative estimate of drug-likeness (QED) is 0.660. The number of hydrogen-bond donors (Lipinski definition) is 2. The molecule has 1 aromatic rings. The number of rotatable bonds is 9. The van der Waals surface area contributed by atoms with Crippen molar-refractivity contribution in [3.63, 3.8) is 0 Å². The van der Waals surface area contributed by atoms with E-state index in [4.69, 9.17) is 14.2 Å². The highest BCUT2D eigenvalue weighted by molar-refractivity contribution is 5.92. The van der Waals surface area contributed by atoms with Crippen LogP contribution in [0.3, 0.4) is 0 Å². The van der Waals surface area contributed by atoms with E-state index in [1.165, 1.54) is 0 Å². The van der Waals surface area contributed by atoms with Crippen LogP contribution in [0.4, 0.5) is 0 Å². The number of methoxy groups -OCH3 is 1. The van der Waals surface area contributed by atoms with E-state index in [9.17, 15) is 9.90 Å². The maximum atomic E-state index is 12.9. The predicted molar refractivity (Wildman–Crippen MR) is 111 cm³/mol. The summed E-state index contributed by atoms with van der Waals surface area (Å²) in [6.45, 7) is 2.53. The van der Waals surface area contributed by atoms with E-state index in [2.05, 4.69) is 5.32 Å². The molecule has 0 bridgehead atoms. The lowest BCUT2D eigenvalue weighted by Gasteiger charge is -2.37. The molecule has 2 N–H and O–H groups in total. The first-order valence-electron chi connectivity index (χ1n) is 10.7. The van der Waals surface area contributed by atoms with Gasteiger partial charge in [-0.1, -0.05) is 25.0 Å². The van der Waals surface area contributed by atoms with Crippen LogP contribution in [0.5, 0.6) is 5.75 Å². The van der Waals surface area contributed by atoms with Crippen LogP contribution >= 0.6 is 0 Å². The number of carbonyl (C=O) groups is 1. The van der Waals surface area contributed by atoms with Crippen molar-refractivity contribution in [2.24, 2.45) is 5.92 Å². The summed E-state index contributed by atoms with van der Waals surface area (Å²) in [7, 11) is 1.64. The van der Waals surface area contributed by atoms with Crippen molar-refractivity contribution in [1.29, 1.82) is 0 Å². The van der Waals surface area contributed by atoms with E-state index in [-0.39, 0.29) is 30.4 Å². The highest BCUT2D eigenvalue weighted by atomic mass is 16.7. The lowest BCUT2D eigenvalue weighted by atomic mass is 9.80. The highest BCUT2D eigenvalue weighted by Crippen LogP contribution is 2.40. The number of aliphatic hydroxyl groups excluding tert-OH is 1. The zero-order valence-electron chi connectivity index (χ0n) is 17.4. The average molecular weight is 404 g/mol. The van der Waals surface area contributed by atoms with Crippen molar-refractivity contribution in [3.05, 3.63) is 41.7 Å². The lowest BCUT2D eigenvalue weighted by Crippen LogP contribution is -2.41. The molecule has 1 saturated carbocycles. The SMILES string of the molecule is CCO[C@H]1OC(C(=O)NC2CCCC2)=C[C@@H](c2ccc(OC)cc2)[C@@H]1CCCO. The van der Waals surface area contributed by atoms with Crippen molar-refractivity contribution >= 4 is 5.91 Å². The average Bonchev–Trinajstić information content (AvgIpc) is 3.25. The van der Waals surface area contributed by atoms with Crippen LogP contribution < -0.4 is 10.1 Å². The number of hydrogen-bond acceptors (Lipinski definition) is 5. The molecule has 3 rings (SSSR count). The van der Waals surface area contributed by atoms with Gasteiger partial charge in [0.1, 0.15) is 5.75 Å². The van der Waals surface area contributed by atoms with Crippen LogP contribution in [-0.4, -0.2) is 43.7 Å². The van der Waals surface area contributed by atoms with Crippen LogP contribution in [0.1, 0.15) is 56.9 Å². The molecule has 3 atom stereocenters. The summed E-state index contributed by atoms with van der Waals surface area (Å²) >= 11 is 0. The van der Waals surface area contributed by atoms with Gasteiger partial charge in [0, 0.05) is 31.1 Å². The second-order valence-corrected chi connectivity index (χ2v) is 7.76. The summed E-state index contributed by atoms with van der Waals surface area (Å²) < 4.78 is 17.2. The number of benzene rings is 1. The molecule has 29 heavy (non-hydrogen) atoms. The smallest absolute Gasteiger partial charge is 0.286 e. The summed E-state index contributed by atoms with van der Waals surface area (Å²) in [6.07, 6.45) is 7.16. The third-order valence-corrected chi connectivity index (χ3v) is 5.83. The molecule has 2 aliphatic rings. The summed E-state index contributed by atoms with van der Waals surface area (Å²) in [5.74, 6) is 0.926. The standard InChI is InChI=1S/C23H33NO5/c1-3-28-23-19(9-6-14-25)20(16-10-12-18(27-2)13-11-16)15-21(29-23)22(26)24-17-7-4-5-8-17/h10-13,15,17,19-20,23,25H,3-9,14H2,1-2H3,(H,24,26)/t19-,20-,23-/m0/s1. The van der Waals surface area contributed by atoms with Gasteiger partial charge in [0.2, 0.25) is 6.29 Å². The van der Waals surface area contributed by atoms with Crippen molar-refractivity contribution in [2.75, 3.05) is 20.3 Å². The minimum atomic E-state index is -0.520. The Balaban J connectivity index is 1.88. The maximum absolute atomic E-state index is 12.9. The maximum Gasteiger partial charge on any atom is 0.286 e. The first-order valence-corrected chi connectivity index (χ1v) is 10.7. The molecule has 6 heteroatoms. The molecule has 1 heterocycles. The van der Waals surface area contributed by atoms with Gasteiger partial charge in [-0.25, -0.2) is 0 Å². The van der Waals surface area contributed by atoms with E-state index in [1.807, 2.05) is 37.3 Å². The van der Waals surface area contributed by atoms with Gasteiger partial charge in [0.05, 0.1) is 7.11 Å². The van der Waals surface area contributed by atoms with Crippen LogP contribution in [0.15, 0.2) is 36.1 Å². The van der Waals surface area contributed by atoms with Gasteiger partial charge in [-0.15, -0.1) is 0 Å². The highest BCUT2D eigenvalue weighted by Gasteiger charge is 2.38. The van der Waals surface area contributed by atoms with E-state index in [1.54, 1.807) is 7.11 Å². The van der Waals surface area contributed by atoms with Crippen LogP contribution in [0.25, 0.3) is 0 Å². The normalized spacial score (nSPS) is 24.7. The van der Waals surface area contributed by atoms with Crippen LogP contribution in [-0.2, 0) is 14.3 Å². The first kappa shape index (κ1) is 21.7. The largest absolute Gasteiger partial charge is 0.497 e. The molecule has 1 aliphatic carbocycles. The number of aliphatic hydroxyl groups is 1. The molecule has 1 aromatic carbocycles. The van der Waals surface area contributed by atoms with Crippen molar-refractivity contribution in [1.82, 2.24) is 5.32 Å². The summed E-state index contributed by atoms with van der Waals surface area (Å²) in [6, 6.07) is 8.12. The fourth-order valence-corrected chi connectivity index (χ4v) is 4.30. The fourth-order valence-electron chi connectivity index (χ4n) is 4.30. The van der Waals surface area contributed by atoms with Gasteiger partial charge in [0.15, 0.2) is 5.76 Å². The van der Waals surface area contributed by atoms with Crippen LogP contribution in [0, 0.1) is 5.92 Å². The number of amides is 1. The van der Waals surface area contributed by atoms with Crippen molar-refractivity contribution in [3.8, 4) is 5.75 Å². The Bertz CT molecular complexity index is 681. The molecule has 0 spiro atoms. The van der Waals surface area contributed by atoms with Gasteiger partial charge in [-0.3, -0.25) is 4.79 Å². The monoisotopic (exact) mass is 403 g/mol. The molecule has 0 unspecified atom stereocenters. The second-order valence-electron chi connectivity index (χ2n) is 7.76. The van der Waals surface area contributed by atoms with Crippen molar-refractivity contribution in [2.45, 2.75) is 63.7 Å². The van der Waals surface area contributed by atoms with E-state index in [0.29, 0.717) is 18.8 Å². The second kappa shape index (κ2) is 10.6. The number of carbonyl (C=O) groups excluding carboxylic acids is 1. The molecule has 160 valence electrons. The number of allylic oxidation sites excluding steroid dienone is 1. The molecule has 6 nitrogen and oxygen atoms in total. The van der Waals surface area contributed by atoms with Gasteiger partial charge in [-0.05, 0) is 56.4 Å². The van der Waals surface area contributed by atoms with Crippen molar-refractivity contribution < 1.29 is 24.1 Å². The minimum absolute atomic E-state index is 0.0125. The zero-order chi connectivity index (χ0) is 20.6. The Kier molecular flexibility index (Phi) is 7.95. The van der Waals surface area contributed by atoms with E-state index in [0.717, 1.165) is 43.4 Å². The molecule has 1 aliphatic heterocycles. The third kappa shape index (κ3) is 5.52. The topological polar surface area (TPSA) is 77.0 Å². The Labute approximate surface area is 173 Å². The van der Waals surface area contributed by atoms with Gasteiger partial charge in [0.25, 0.3) is 5.91 Å². The molecule has 0 aromatic heterocycles. The van der Waals surface area contributed by atoms with Crippen LogP contribution in [0.2, 0.25) is 0 Å². The predicted octanol–water partition coefficient (Wildman–Crippen LogP) is 3.50. The van der Waals surface area contributed by atoms with Gasteiger partial charge in [-0.2, -0.15) is 0 Å². The zero-order valence-corrected chi connectivity index (χ0v) is 17.4. The number of nitrogens with one attached hydrogen (secondary N) is 1. The molecule has 1 amide bonds. The minimum Gasteiger partial charge on any atom is -0.497 e. The van der Waals surface area contributed by atoms with E-state index >= 15 is 0 Å². The Morgan fingerprint density at radius 3 is 2.59 bits per heavy atom. The summed E-state index contributed by atoms with van der Waals surface area (Å²) in [5, 5.41) is 12.5. The third-order valence-electron chi connectivity index (χ3n) is 5.83. The summed E-state index contributed by atoms with van der Waals surface area (Å²) in [5.41, 5.74) is 1.08. The molecule has 0 saturated heterocycles. The molecular formula is C23H33NO5. The fraction of sp³-hybridized carbons (Fsp3) is 0.609. The Morgan fingerprint density at radius 2 is 1.97 bits per heavy atom. The molecule has 1 fully saturated rings. The van der Waals surface area contributed by atoms with Gasteiger partial charge < -0.3 is 24.6 Å². The lowest BCUT2D eigenvalue weighted by molar-refractivity contribution is -0.166. The molecular weight excluding hydrogens is 370 g/mol. The first-order chi connectivity index (χ1) is 14.2. The van der Waals surface area contributed by atoms with E-state index < -0.39 is 6.29 Å². The van der Waals surface area contributed by atoms with Gasteiger partial charge >= 0.3 is 0 Å². The summed E-state index contributed by atoms with van der Waals surface area (Å²) in [4.78, 5) is 12.9. The Morgan fingerprint density at radius 1 is 1.24 bits per heavy atom. The number of ether oxygens (including phenoxy) is 3. The molecule has 0 radical (unpaired) electrons. The Hall–Kier alpha value is -2.05.